The van der Waals surface area contributed by atoms with E-state index in [4.69, 9.17) is 16.3 Å². The van der Waals surface area contributed by atoms with Crippen molar-refractivity contribution in [2.45, 2.75) is 26.3 Å². The van der Waals surface area contributed by atoms with Gasteiger partial charge in [0.15, 0.2) is 0 Å². The van der Waals surface area contributed by atoms with Crippen molar-refractivity contribution in [3.05, 3.63) is 28.3 Å². The van der Waals surface area contributed by atoms with Gasteiger partial charge < -0.3 is 10.1 Å². The van der Waals surface area contributed by atoms with Crippen LogP contribution in [0.15, 0.2) is 12.1 Å². The smallest absolute Gasteiger partial charge is 0.127 e. The molecule has 0 saturated carbocycles. The van der Waals surface area contributed by atoms with Crippen molar-refractivity contribution >= 4 is 11.6 Å². The summed E-state index contributed by atoms with van der Waals surface area (Å²) in [7, 11) is 0. The number of halogens is 1. The molecule has 0 radical (unpaired) electrons. The highest BCUT2D eigenvalue weighted by molar-refractivity contribution is 6.30. The van der Waals surface area contributed by atoms with Crippen LogP contribution >= 0.6 is 11.6 Å². The molecule has 82 valence electrons. The number of nitrogens with one attached hydrogen (secondary N) is 1. The Kier molecular flexibility index (Phi) is 3.49. The average molecular weight is 226 g/mol. The molecule has 3 heteroatoms. The standard InChI is InChI=1S/C12H16ClNO/c1-2-4-14-8-10-7-11(13)6-9-3-5-15-12(9)10/h6-7,14H,2-5,8H2,1H3. The zero-order valence-corrected chi connectivity index (χ0v) is 9.73. The second-order valence-corrected chi connectivity index (χ2v) is 4.26. The summed E-state index contributed by atoms with van der Waals surface area (Å²) >= 11 is 6.06. The summed E-state index contributed by atoms with van der Waals surface area (Å²) in [6.45, 7) is 4.82. The van der Waals surface area contributed by atoms with Crippen LogP contribution in [0.25, 0.3) is 0 Å². The summed E-state index contributed by atoms with van der Waals surface area (Å²) in [4.78, 5) is 0. The Hall–Kier alpha value is -0.730. The van der Waals surface area contributed by atoms with Crippen LogP contribution in [0.1, 0.15) is 24.5 Å². The fourth-order valence-corrected chi connectivity index (χ4v) is 2.14. The van der Waals surface area contributed by atoms with E-state index in [0.29, 0.717) is 0 Å². The van der Waals surface area contributed by atoms with Crippen LogP contribution in [0.4, 0.5) is 0 Å². The molecule has 0 fully saturated rings. The summed E-state index contributed by atoms with van der Waals surface area (Å²) < 4.78 is 5.62. The van der Waals surface area contributed by atoms with Crippen LogP contribution in [0, 0.1) is 0 Å². The maximum absolute atomic E-state index is 6.06. The van der Waals surface area contributed by atoms with Gasteiger partial charge in [-0.1, -0.05) is 18.5 Å². The predicted octanol–water partition coefficient (Wildman–Crippen LogP) is 2.77. The minimum absolute atomic E-state index is 0.788. The number of benzene rings is 1. The van der Waals surface area contributed by atoms with Crippen LogP contribution in [0.5, 0.6) is 5.75 Å². The van der Waals surface area contributed by atoms with Crippen LogP contribution in [0.3, 0.4) is 0 Å². The van der Waals surface area contributed by atoms with Gasteiger partial charge in [-0.2, -0.15) is 0 Å². The lowest BCUT2D eigenvalue weighted by molar-refractivity contribution is 0.352. The van der Waals surface area contributed by atoms with E-state index in [1.807, 2.05) is 12.1 Å². The molecule has 0 bridgehead atoms. The van der Waals surface area contributed by atoms with E-state index in [1.165, 1.54) is 11.1 Å². The van der Waals surface area contributed by atoms with Crippen molar-refractivity contribution in [2.75, 3.05) is 13.2 Å². The highest BCUT2D eigenvalue weighted by Crippen LogP contribution is 2.32. The van der Waals surface area contributed by atoms with E-state index in [0.717, 1.165) is 43.3 Å². The molecular weight excluding hydrogens is 210 g/mol. The van der Waals surface area contributed by atoms with Crippen LogP contribution in [-0.2, 0) is 13.0 Å². The third kappa shape index (κ3) is 2.44. The van der Waals surface area contributed by atoms with E-state index in [2.05, 4.69) is 12.2 Å². The van der Waals surface area contributed by atoms with Gasteiger partial charge in [0.2, 0.25) is 0 Å². The third-order valence-electron chi connectivity index (χ3n) is 2.57. The van der Waals surface area contributed by atoms with Crippen molar-refractivity contribution in [3.63, 3.8) is 0 Å². The SMILES string of the molecule is CCCNCc1cc(Cl)cc2c1OCC2. The minimum Gasteiger partial charge on any atom is -0.493 e. The first-order valence-corrected chi connectivity index (χ1v) is 5.84. The predicted molar refractivity (Wildman–Crippen MR) is 62.6 cm³/mol. The first-order chi connectivity index (χ1) is 7.31. The topological polar surface area (TPSA) is 21.3 Å². The third-order valence-corrected chi connectivity index (χ3v) is 2.79. The molecule has 0 saturated heterocycles. The van der Waals surface area contributed by atoms with Crippen molar-refractivity contribution < 1.29 is 4.74 Å². The molecule has 1 N–H and O–H groups in total. The maximum atomic E-state index is 6.06. The van der Waals surface area contributed by atoms with Gasteiger partial charge in [0.05, 0.1) is 6.61 Å². The molecule has 1 aromatic carbocycles. The Morgan fingerprint density at radius 3 is 3.13 bits per heavy atom. The molecule has 0 spiro atoms. The molecule has 0 atom stereocenters. The molecular formula is C12H16ClNO. The molecule has 1 aromatic rings. The van der Waals surface area contributed by atoms with Gasteiger partial charge in [0, 0.05) is 23.6 Å². The van der Waals surface area contributed by atoms with Gasteiger partial charge >= 0.3 is 0 Å². The van der Waals surface area contributed by atoms with Crippen LogP contribution in [0.2, 0.25) is 5.02 Å². The monoisotopic (exact) mass is 225 g/mol. The largest absolute Gasteiger partial charge is 0.493 e. The van der Waals surface area contributed by atoms with E-state index in [1.54, 1.807) is 0 Å². The summed E-state index contributed by atoms with van der Waals surface area (Å²) in [5.41, 5.74) is 2.43. The second-order valence-electron chi connectivity index (χ2n) is 3.83. The van der Waals surface area contributed by atoms with Crippen LogP contribution in [-0.4, -0.2) is 13.2 Å². The molecule has 0 amide bonds. The summed E-state index contributed by atoms with van der Waals surface area (Å²) in [5.74, 6) is 1.04. The molecule has 0 unspecified atom stereocenters. The van der Waals surface area contributed by atoms with Gasteiger partial charge in [-0.15, -0.1) is 0 Å². The lowest BCUT2D eigenvalue weighted by Crippen LogP contribution is -2.14. The van der Waals surface area contributed by atoms with Gasteiger partial charge in [-0.25, -0.2) is 0 Å². The van der Waals surface area contributed by atoms with Crippen molar-refractivity contribution in [1.29, 1.82) is 0 Å². The highest BCUT2D eigenvalue weighted by Gasteiger charge is 2.16. The minimum atomic E-state index is 0.788. The van der Waals surface area contributed by atoms with E-state index in [-0.39, 0.29) is 0 Å². The maximum Gasteiger partial charge on any atom is 0.127 e. The normalized spacial score (nSPS) is 13.7. The summed E-state index contributed by atoms with van der Waals surface area (Å²) in [5, 5.41) is 4.18. The Morgan fingerprint density at radius 1 is 1.47 bits per heavy atom. The Morgan fingerprint density at radius 2 is 2.33 bits per heavy atom. The zero-order valence-electron chi connectivity index (χ0n) is 8.98. The molecule has 15 heavy (non-hydrogen) atoms. The molecule has 1 heterocycles. The molecule has 0 aromatic heterocycles. The van der Waals surface area contributed by atoms with Crippen molar-refractivity contribution in [2.24, 2.45) is 0 Å². The molecule has 1 aliphatic heterocycles. The molecule has 1 aliphatic rings. The molecule has 2 rings (SSSR count). The fourth-order valence-electron chi connectivity index (χ4n) is 1.88. The number of hydrogen-bond acceptors (Lipinski definition) is 2. The molecule has 0 aliphatic carbocycles. The fraction of sp³-hybridized carbons (Fsp3) is 0.500. The van der Waals surface area contributed by atoms with E-state index in [9.17, 15) is 0 Å². The van der Waals surface area contributed by atoms with Gasteiger partial charge in [0.25, 0.3) is 0 Å². The van der Waals surface area contributed by atoms with Gasteiger partial charge in [0.1, 0.15) is 5.75 Å². The number of hydrogen-bond donors (Lipinski definition) is 1. The molecule has 2 nitrogen and oxygen atoms in total. The lowest BCUT2D eigenvalue weighted by Gasteiger charge is -2.09. The highest BCUT2D eigenvalue weighted by atomic mass is 35.5. The van der Waals surface area contributed by atoms with Gasteiger partial charge in [-0.3, -0.25) is 0 Å². The number of fused-ring (bicyclic) bond motifs is 1. The number of rotatable bonds is 4. The summed E-state index contributed by atoms with van der Waals surface area (Å²) in [6.07, 6.45) is 2.13. The Bertz CT molecular complexity index is 352. The number of ether oxygens (including phenoxy) is 1. The average Bonchev–Trinajstić information content (AvgIpc) is 2.65. The lowest BCUT2D eigenvalue weighted by atomic mass is 10.1. The second kappa shape index (κ2) is 4.86. The van der Waals surface area contributed by atoms with Crippen LogP contribution < -0.4 is 10.1 Å². The first-order valence-electron chi connectivity index (χ1n) is 5.46. The Labute approximate surface area is 95.6 Å². The quantitative estimate of drug-likeness (QED) is 0.796. The summed E-state index contributed by atoms with van der Waals surface area (Å²) in [6, 6.07) is 4.00. The van der Waals surface area contributed by atoms with E-state index < -0.39 is 0 Å². The van der Waals surface area contributed by atoms with Crippen molar-refractivity contribution in [3.8, 4) is 5.75 Å². The zero-order chi connectivity index (χ0) is 10.7. The van der Waals surface area contributed by atoms with Crippen molar-refractivity contribution in [1.82, 2.24) is 5.32 Å². The first kappa shape index (κ1) is 10.8. The Balaban J connectivity index is 2.15. The van der Waals surface area contributed by atoms with E-state index >= 15 is 0 Å². The van der Waals surface area contributed by atoms with Gasteiger partial charge in [-0.05, 0) is 30.7 Å².